The van der Waals surface area contributed by atoms with E-state index in [-0.39, 0.29) is 24.1 Å². The summed E-state index contributed by atoms with van der Waals surface area (Å²) in [5.41, 5.74) is 1.25. The second-order valence-electron chi connectivity index (χ2n) is 7.86. The molecule has 5 rings (SSSR count). The highest BCUT2D eigenvalue weighted by Crippen LogP contribution is 2.23. The standard InChI is InChI=1S/C24H21F2N7O/c25-19-5-1-17(2-6-19)23-29-24(18-3-7-20(26)8-4-18)33(30-23)16-22(34)32-13-11-31(12-14-32)21-15-27-9-10-28-21/h1-10,15H,11-14,16H2. The van der Waals surface area contributed by atoms with E-state index in [1.807, 2.05) is 0 Å². The van der Waals surface area contributed by atoms with Crippen molar-refractivity contribution in [1.29, 1.82) is 0 Å². The third kappa shape index (κ3) is 4.61. The van der Waals surface area contributed by atoms with E-state index in [2.05, 4.69) is 25.0 Å². The molecule has 0 bridgehead atoms. The summed E-state index contributed by atoms with van der Waals surface area (Å²) in [4.78, 5) is 30.0. The summed E-state index contributed by atoms with van der Waals surface area (Å²) in [6.45, 7) is 2.36. The zero-order chi connectivity index (χ0) is 23.5. The summed E-state index contributed by atoms with van der Waals surface area (Å²) in [5, 5.41) is 4.52. The predicted molar refractivity (Wildman–Crippen MR) is 122 cm³/mol. The molecule has 2 aromatic heterocycles. The van der Waals surface area contributed by atoms with Gasteiger partial charge in [0.15, 0.2) is 11.6 Å². The summed E-state index contributed by atoms with van der Waals surface area (Å²) in [5.74, 6) is 0.750. The smallest absolute Gasteiger partial charge is 0.244 e. The van der Waals surface area contributed by atoms with Crippen LogP contribution in [-0.4, -0.2) is 61.7 Å². The summed E-state index contributed by atoms with van der Waals surface area (Å²) in [6, 6.07) is 11.7. The first-order chi connectivity index (χ1) is 16.6. The Morgan fingerprint density at radius 1 is 0.853 bits per heavy atom. The lowest BCUT2D eigenvalue weighted by atomic mass is 10.2. The van der Waals surface area contributed by atoms with Crippen LogP contribution in [0.15, 0.2) is 67.1 Å². The molecule has 1 amide bonds. The van der Waals surface area contributed by atoms with Gasteiger partial charge in [0.2, 0.25) is 5.91 Å². The highest BCUT2D eigenvalue weighted by Gasteiger charge is 2.24. The van der Waals surface area contributed by atoms with Crippen LogP contribution in [0.4, 0.5) is 14.6 Å². The van der Waals surface area contributed by atoms with E-state index in [4.69, 9.17) is 0 Å². The Morgan fingerprint density at radius 3 is 2.12 bits per heavy atom. The number of amides is 1. The number of rotatable bonds is 5. The lowest BCUT2D eigenvalue weighted by Gasteiger charge is -2.35. The molecule has 172 valence electrons. The maximum Gasteiger partial charge on any atom is 0.244 e. The van der Waals surface area contributed by atoms with E-state index in [1.165, 1.54) is 28.9 Å². The Hall–Kier alpha value is -4.21. The molecule has 34 heavy (non-hydrogen) atoms. The number of halogens is 2. The minimum Gasteiger partial charge on any atom is -0.352 e. The van der Waals surface area contributed by atoms with Crippen LogP contribution >= 0.6 is 0 Å². The first kappa shape index (κ1) is 21.6. The van der Waals surface area contributed by atoms with Gasteiger partial charge in [-0.25, -0.2) is 23.4 Å². The number of benzene rings is 2. The van der Waals surface area contributed by atoms with E-state index >= 15 is 0 Å². The maximum absolute atomic E-state index is 13.5. The van der Waals surface area contributed by atoms with Gasteiger partial charge >= 0.3 is 0 Å². The summed E-state index contributed by atoms with van der Waals surface area (Å²) < 4.78 is 28.3. The quantitative estimate of drug-likeness (QED) is 0.455. The van der Waals surface area contributed by atoms with Gasteiger partial charge in [0.25, 0.3) is 0 Å². The Bertz CT molecular complexity index is 1270. The number of carbonyl (C=O) groups is 1. The molecule has 3 heterocycles. The third-order valence-electron chi connectivity index (χ3n) is 5.67. The van der Waals surface area contributed by atoms with Crippen LogP contribution in [0.1, 0.15) is 0 Å². The lowest BCUT2D eigenvalue weighted by molar-refractivity contribution is -0.132. The van der Waals surface area contributed by atoms with Gasteiger partial charge in [-0.2, -0.15) is 0 Å². The largest absolute Gasteiger partial charge is 0.352 e. The van der Waals surface area contributed by atoms with Crippen LogP contribution in [0.2, 0.25) is 0 Å². The highest BCUT2D eigenvalue weighted by molar-refractivity contribution is 5.77. The van der Waals surface area contributed by atoms with E-state index in [0.717, 1.165) is 5.82 Å². The van der Waals surface area contributed by atoms with Crippen molar-refractivity contribution in [3.05, 3.63) is 78.8 Å². The second kappa shape index (κ2) is 9.34. The molecule has 1 saturated heterocycles. The molecule has 0 radical (unpaired) electrons. The minimum atomic E-state index is -0.370. The Balaban J connectivity index is 1.36. The normalized spacial score (nSPS) is 13.8. The van der Waals surface area contributed by atoms with Crippen molar-refractivity contribution in [2.75, 3.05) is 31.1 Å². The molecule has 0 N–H and O–H groups in total. The van der Waals surface area contributed by atoms with E-state index in [1.54, 1.807) is 47.8 Å². The number of hydrogen-bond donors (Lipinski definition) is 0. The van der Waals surface area contributed by atoms with Gasteiger partial charge in [-0.3, -0.25) is 9.78 Å². The second-order valence-corrected chi connectivity index (χ2v) is 7.86. The van der Waals surface area contributed by atoms with E-state index < -0.39 is 0 Å². The monoisotopic (exact) mass is 461 g/mol. The zero-order valence-electron chi connectivity index (χ0n) is 18.2. The molecular formula is C24H21F2N7O. The molecule has 1 aliphatic rings. The van der Waals surface area contributed by atoms with Crippen LogP contribution in [0.25, 0.3) is 22.8 Å². The number of aromatic nitrogens is 5. The number of nitrogens with zero attached hydrogens (tertiary/aromatic N) is 7. The van der Waals surface area contributed by atoms with E-state index in [0.29, 0.717) is 49.0 Å². The first-order valence-electron chi connectivity index (χ1n) is 10.8. The molecule has 1 fully saturated rings. The van der Waals surface area contributed by atoms with Crippen molar-refractivity contribution in [3.8, 4) is 22.8 Å². The average molecular weight is 461 g/mol. The SMILES string of the molecule is O=C(Cn1nc(-c2ccc(F)cc2)nc1-c1ccc(F)cc1)N1CCN(c2cnccn2)CC1. The van der Waals surface area contributed by atoms with Crippen LogP contribution < -0.4 is 4.90 Å². The predicted octanol–water partition coefficient (Wildman–Crippen LogP) is 3.03. The topological polar surface area (TPSA) is 80.0 Å². The van der Waals surface area contributed by atoms with Gasteiger partial charge in [-0.05, 0) is 48.5 Å². The van der Waals surface area contributed by atoms with Gasteiger partial charge in [-0.15, -0.1) is 5.10 Å². The van der Waals surface area contributed by atoms with Crippen LogP contribution in [-0.2, 0) is 11.3 Å². The van der Waals surface area contributed by atoms with Gasteiger partial charge in [0, 0.05) is 49.7 Å². The molecule has 4 aromatic rings. The molecule has 0 spiro atoms. The highest BCUT2D eigenvalue weighted by atomic mass is 19.1. The average Bonchev–Trinajstić information content (AvgIpc) is 3.29. The fraction of sp³-hybridized carbons (Fsp3) is 0.208. The fourth-order valence-corrected chi connectivity index (χ4v) is 3.85. The van der Waals surface area contributed by atoms with Crippen LogP contribution in [0.5, 0.6) is 0 Å². The molecule has 10 heteroatoms. The first-order valence-corrected chi connectivity index (χ1v) is 10.8. The van der Waals surface area contributed by atoms with Gasteiger partial charge < -0.3 is 9.80 Å². The molecular weight excluding hydrogens is 440 g/mol. The van der Waals surface area contributed by atoms with Crippen molar-refractivity contribution < 1.29 is 13.6 Å². The van der Waals surface area contributed by atoms with Crippen molar-refractivity contribution >= 4 is 11.7 Å². The maximum atomic E-state index is 13.5. The third-order valence-corrected chi connectivity index (χ3v) is 5.67. The van der Waals surface area contributed by atoms with Crippen LogP contribution in [0, 0.1) is 11.6 Å². The molecule has 2 aromatic carbocycles. The Labute approximate surface area is 194 Å². The Kier molecular flexibility index (Phi) is 5.94. The molecule has 0 saturated carbocycles. The summed E-state index contributed by atoms with van der Waals surface area (Å²) in [6.07, 6.45) is 4.98. The lowest BCUT2D eigenvalue weighted by Crippen LogP contribution is -2.50. The van der Waals surface area contributed by atoms with Gasteiger partial charge in [0.05, 0.1) is 6.20 Å². The zero-order valence-corrected chi connectivity index (χ0v) is 18.2. The number of anilines is 1. The van der Waals surface area contributed by atoms with Crippen molar-refractivity contribution in [3.63, 3.8) is 0 Å². The number of carbonyl (C=O) groups excluding carboxylic acids is 1. The summed E-state index contributed by atoms with van der Waals surface area (Å²) >= 11 is 0. The van der Waals surface area contributed by atoms with E-state index in [9.17, 15) is 13.6 Å². The molecule has 0 atom stereocenters. The Morgan fingerprint density at radius 2 is 1.50 bits per heavy atom. The molecule has 8 nitrogen and oxygen atoms in total. The molecule has 0 aliphatic carbocycles. The van der Waals surface area contributed by atoms with Crippen LogP contribution in [0.3, 0.4) is 0 Å². The molecule has 1 aliphatic heterocycles. The summed E-state index contributed by atoms with van der Waals surface area (Å²) in [7, 11) is 0. The van der Waals surface area contributed by atoms with Crippen molar-refractivity contribution in [2.45, 2.75) is 6.54 Å². The number of hydrogen-bond acceptors (Lipinski definition) is 6. The number of piperazine rings is 1. The molecule has 0 unspecified atom stereocenters. The fourth-order valence-electron chi connectivity index (χ4n) is 3.85. The van der Waals surface area contributed by atoms with Crippen molar-refractivity contribution in [2.24, 2.45) is 0 Å². The van der Waals surface area contributed by atoms with Gasteiger partial charge in [0.1, 0.15) is 24.0 Å². The van der Waals surface area contributed by atoms with Crippen molar-refractivity contribution in [1.82, 2.24) is 29.6 Å². The minimum absolute atomic E-state index is 0.0218. The van der Waals surface area contributed by atoms with Gasteiger partial charge in [-0.1, -0.05) is 0 Å².